The molecule has 0 aliphatic carbocycles. The van der Waals surface area contributed by atoms with E-state index in [1.54, 1.807) is 53.4 Å². The quantitative estimate of drug-likeness (QED) is 0.650. The smallest absolute Gasteiger partial charge is 0.255 e. The van der Waals surface area contributed by atoms with Gasteiger partial charge in [-0.15, -0.1) is 0 Å². The average Bonchev–Trinajstić information content (AvgIpc) is 2.82. The molecule has 0 radical (unpaired) electrons. The maximum Gasteiger partial charge on any atom is 0.255 e. The van der Waals surface area contributed by atoms with Crippen molar-refractivity contribution in [1.82, 2.24) is 10.2 Å². The fourth-order valence-corrected chi connectivity index (χ4v) is 3.47. The van der Waals surface area contributed by atoms with Crippen molar-refractivity contribution in [1.29, 1.82) is 0 Å². The summed E-state index contributed by atoms with van der Waals surface area (Å²) >= 11 is 0. The minimum absolute atomic E-state index is 0.0429. The Hall–Kier alpha value is -3.15. The number of nitrogens with one attached hydrogen (secondary N) is 2. The Kier molecular flexibility index (Phi) is 10.6. The second-order valence-corrected chi connectivity index (χ2v) is 8.96. The van der Waals surface area contributed by atoms with Crippen molar-refractivity contribution in [3.8, 4) is 0 Å². The van der Waals surface area contributed by atoms with Gasteiger partial charge in [0.15, 0.2) is 0 Å². The molecule has 2 aromatic carbocycles. The first-order valence-corrected chi connectivity index (χ1v) is 11.9. The highest BCUT2D eigenvalue weighted by Crippen LogP contribution is 2.23. The number of rotatable bonds is 6. The van der Waals surface area contributed by atoms with E-state index in [1.165, 1.54) is 0 Å². The van der Waals surface area contributed by atoms with E-state index in [-0.39, 0.29) is 23.6 Å². The number of carbonyl (C=O) groups excluding carboxylic acids is 3. The molecule has 1 saturated heterocycles. The molecule has 0 bridgehead atoms. The average molecular weight is 452 g/mol. The van der Waals surface area contributed by atoms with E-state index in [4.69, 9.17) is 0 Å². The molecule has 0 unspecified atom stereocenters. The Labute approximate surface area is 197 Å². The van der Waals surface area contributed by atoms with Gasteiger partial charge in [0.2, 0.25) is 5.91 Å². The molecule has 0 aromatic heterocycles. The van der Waals surface area contributed by atoms with Crippen molar-refractivity contribution in [2.24, 2.45) is 11.8 Å². The van der Waals surface area contributed by atoms with Crippen molar-refractivity contribution >= 4 is 23.4 Å². The second kappa shape index (κ2) is 13.4. The molecule has 0 saturated carbocycles. The maximum absolute atomic E-state index is 13.1. The summed E-state index contributed by atoms with van der Waals surface area (Å²) in [7, 11) is 0. The van der Waals surface area contributed by atoms with Crippen LogP contribution in [0, 0.1) is 11.8 Å². The summed E-state index contributed by atoms with van der Waals surface area (Å²) in [5.41, 5.74) is 1.49. The van der Waals surface area contributed by atoms with Gasteiger partial charge < -0.3 is 15.5 Å². The van der Waals surface area contributed by atoms with Crippen LogP contribution >= 0.6 is 0 Å². The summed E-state index contributed by atoms with van der Waals surface area (Å²) in [6.07, 6.45) is 2.22. The van der Waals surface area contributed by atoms with Crippen LogP contribution in [0.15, 0.2) is 54.6 Å². The zero-order valence-electron chi connectivity index (χ0n) is 20.3. The Morgan fingerprint density at radius 2 is 1.52 bits per heavy atom. The Morgan fingerprint density at radius 3 is 2.12 bits per heavy atom. The number of hydrogen-bond acceptors (Lipinski definition) is 3. The van der Waals surface area contributed by atoms with E-state index in [2.05, 4.69) is 31.4 Å². The number of likely N-dealkylation sites (tertiary alicyclic amines) is 1. The third kappa shape index (κ3) is 8.37. The van der Waals surface area contributed by atoms with E-state index in [9.17, 15) is 14.4 Å². The Morgan fingerprint density at radius 1 is 0.939 bits per heavy atom. The van der Waals surface area contributed by atoms with E-state index in [0.717, 1.165) is 12.3 Å². The number of anilines is 1. The topological polar surface area (TPSA) is 78.5 Å². The number of piperidine rings is 1. The molecule has 1 heterocycles. The molecule has 1 fully saturated rings. The van der Waals surface area contributed by atoms with E-state index in [1.807, 2.05) is 13.0 Å². The molecule has 33 heavy (non-hydrogen) atoms. The molecule has 0 spiro atoms. The van der Waals surface area contributed by atoms with Gasteiger partial charge in [-0.05, 0) is 49.4 Å². The van der Waals surface area contributed by atoms with E-state index in [0.29, 0.717) is 49.3 Å². The molecule has 3 amide bonds. The number of hydrogen-bond donors (Lipinski definition) is 2. The Balaban J connectivity index is 0.000000890. The standard InChI is InChI=1S/C23H27N3O3.C4H10/c1-2-14-24-21(27)18-12-15-26(16-13-18)23(29)19-10-6-7-11-20(19)25-22(28)17-8-4-3-5-9-17;1-4(2)3/h3-11,18H,2,12-16H2,1H3,(H,24,27)(H,25,28);4H,1-3H3. The van der Waals surface area contributed by atoms with Crippen molar-refractivity contribution < 1.29 is 14.4 Å². The lowest BCUT2D eigenvalue weighted by Crippen LogP contribution is -2.43. The summed E-state index contributed by atoms with van der Waals surface area (Å²) in [4.78, 5) is 39.5. The molecule has 2 aromatic rings. The molecule has 3 rings (SSSR count). The molecule has 6 heteroatoms. The minimum atomic E-state index is -0.253. The van der Waals surface area contributed by atoms with Crippen LogP contribution in [-0.2, 0) is 4.79 Å². The van der Waals surface area contributed by atoms with Crippen LogP contribution in [0.1, 0.15) is 67.7 Å². The fraction of sp³-hybridized carbons (Fsp3) is 0.444. The second-order valence-electron chi connectivity index (χ2n) is 8.96. The van der Waals surface area contributed by atoms with Crippen LogP contribution in [0.3, 0.4) is 0 Å². The van der Waals surface area contributed by atoms with Crippen molar-refractivity contribution in [3.05, 3.63) is 65.7 Å². The predicted octanol–water partition coefficient (Wildman–Crippen LogP) is 4.98. The van der Waals surface area contributed by atoms with Crippen LogP contribution in [0.5, 0.6) is 0 Å². The molecule has 1 aliphatic rings. The van der Waals surface area contributed by atoms with Gasteiger partial charge in [0, 0.05) is 31.1 Å². The lowest BCUT2D eigenvalue weighted by molar-refractivity contribution is -0.126. The summed E-state index contributed by atoms with van der Waals surface area (Å²) in [5, 5.41) is 5.78. The highest BCUT2D eigenvalue weighted by molar-refractivity contribution is 6.09. The number of amides is 3. The third-order valence-electron chi connectivity index (χ3n) is 5.14. The maximum atomic E-state index is 13.1. The number of carbonyl (C=O) groups is 3. The zero-order valence-corrected chi connectivity index (χ0v) is 20.3. The molecule has 2 N–H and O–H groups in total. The minimum Gasteiger partial charge on any atom is -0.356 e. The first-order valence-electron chi connectivity index (χ1n) is 11.9. The van der Waals surface area contributed by atoms with Crippen LogP contribution in [0.4, 0.5) is 5.69 Å². The monoisotopic (exact) mass is 451 g/mol. The summed E-state index contributed by atoms with van der Waals surface area (Å²) in [6, 6.07) is 15.9. The van der Waals surface area contributed by atoms with Gasteiger partial charge in [0.05, 0.1) is 11.3 Å². The van der Waals surface area contributed by atoms with Gasteiger partial charge in [0.25, 0.3) is 11.8 Å². The van der Waals surface area contributed by atoms with Gasteiger partial charge in [-0.3, -0.25) is 14.4 Å². The molecule has 6 nitrogen and oxygen atoms in total. The SMILES string of the molecule is CC(C)C.CCCNC(=O)C1CCN(C(=O)c2ccccc2NC(=O)c2ccccc2)CC1. The van der Waals surface area contributed by atoms with Crippen LogP contribution in [-0.4, -0.2) is 42.3 Å². The first kappa shape index (κ1) is 26.1. The van der Waals surface area contributed by atoms with Crippen molar-refractivity contribution in [3.63, 3.8) is 0 Å². The van der Waals surface area contributed by atoms with Crippen LogP contribution in [0.25, 0.3) is 0 Å². The fourth-order valence-electron chi connectivity index (χ4n) is 3.47. The number of benzene rings is 2. The van der Waals surface area contributed by atoms with Crippen LogP contribution < -0.4 is 10.6 Å². The van der Waals surface area contributed by atoms with E-state index < -0.39 is 0 Å². The lowest BCUT2D eigenvalue weighted by Gasteiger charge is -2.31. The first-order chi connectivity index (χ1) is 15.8. The molecule has 178 valence electrons. The van der Waals surface area contributed by atoms with Gasteiger partial charge in [-0.2, -0.15) is 0 Å². The lowest BCUT2D eigenvalue weighted by atomic mass is 9.95. The third-order valence-corrected chi connectivity index (χ3v) is 5.14. The van der Waals surface area contributed by atoms with Crippen molar-refractivity contribution in [2.45, 2.75) is 47.0 Å². The molecule has 1 aliphatic heterocycles. The molecular formula is C27H37N3O3. The zero-order chi connectivity index (χ0) is 24.2. The molecular weight excluding hydrogens is 414 g/mol. The number of para-hydroxylation sites is 1. The summed E-state index contributed by atoms with van der Waals surface area (Å²) in [5.74, 6) is 0.492. The van der Waals surface area contributed by atoms with Gasteiger partial charge in [-0.1, -0.05) is 58.0 Å². The van der Waals surface area contributed by atoms with E-state index >= 15 is 0 Å². The largest absolute Gasteiger partial charge is 0.356 e. The van der Waals surface area contributed by atoms with Crippen molar-refractivity contribution in [2.75, 3.05) is 25.0 Å². The normalized spacial score (nSPS) is 13.7. The predicted molar refractivity (Wildman–Crippen MR) is 133 cm³/mol. The van der Waals surface area contributed by atoms with Gasteiger partial charge in [0.1, 0.15) is 0 Å². The van der Waals surface area contributed by atoms with Gasteiger partial charge >= 0.3 is 0 Å². The summed E-state index contributed by atoms with van der Waals surface area (Å²) in [6.45, 7) is 10.3. The summed E-state index contributed by atoms with van der Waals surface area (Å²) < 4.78 is 0. The van der Waals surface area contributed by atoms with Crippen LogP contribution in [0.2, 0.25) is 0 Å². The highest BCUT2D eigenvalue weighted by Gasteiger charge is 2.28. The highest BCUT2D eigenvalue weighted by atomic mass is 16.2. The Bertz CT molecular complexity index is 901. The molecule has 0 atom stereocenters. The number of nitrogens with zero attached hydrogens (tertiary/aromatic N) is 1. The van der Waals surface area contributed by atoms with Gasteiger partial charge in [-0.25, -0.2) is 0 Å².